The van der Waals surface area contributed by atoms with E-state index in [0.29, 0.717) is 19.4 Å². The van der Waals surface area contributed by atoms with Gasteiger partial charge in [0.1, 0.15) is 18.1 Å². The molecule has 12 heteroatoms. The summed E-state index contributed by atoms with van der Waals surface area (Å²) >= 11 is 0. The summed E-state index contributed by atoms with van der Waals surface area (Å²) in [5.74, 6) is -3.77. The van der Waals surface area contributed by atoms with E-state index >= 15 is 0 Å². The number of aromatic amines is 1. The third kappa shape index (κ3) is 6.88. The number of benzene rings is 1. The van der Waals surface area contributed by atoms with Crippen LogP contribution in [0.4, 0.5) is 0 Å². The molecular weight excluding hydrogens is 492 g/mol. The third-order valence-corrected chi connectivity index (χ3v) is 6.82. The number of hydrogen-bond acceptors (Lipinski definition) is 6. The molecule has 38 heavy (non-hydrogen) atoms. The number of carbonyl (C=O) groups is 5. The fourth-order valence-corrected chi connectivity index (χ4v) is 4.70. The number of H-pyrrole nitrogens is 1. The Kier molecular flexibility index (Phi) is 9.45. The van der Waals surface area contributed by atoms with E-state index < -0.39 is 53.8 Å². The minimum Gasteiger partial charge on any atom is -0.480 e. The van der Waals surface area contributed by atoms with Gasteiger partial charge in [-0.15, -0.1) is 0 Å². The average molecular weight is 529 g/mol. The standard InChI is InChI=1S/C26H36N6O6/c1-14(2)22(26(37)38)31-23(34)19(12-15-13-29-18-7-4-3-6-16(15)18)30-24(35)20-8-5-11-32(20)25(36)17(27)9-10-21(28)33/h3-4,6-7,13-14,17,19-20,22,29H,5,8-12,27H2,1-2H3,(H2,28,33)(H,30,35)(H,31,34)(H,37,38). The number of primary amides is 1. The molecule has 0 bridgehead atoms. The number of nitrogens with two attached hydrogens (primary N) is 2. The number of aliphatic carboxylic acids is 1. The van der Waals surface area contributed by atoms with E-state index in [1.807, 2.05) is 24.3 Å². The Balaban J connectivity index is 1.81. The minimum atomic E-state index is -1.18. The number of carbonyl (C=O) groups excluding carboxylic acids is 4. The van der Waals surface area contributed by atoms with Crippen LogP contribution in [0.1, 0.15) is 45.1 Å². The number of likely N-dealkylation sites (tertiary alicyclic amines) is 1. The van der Waals surface area contributed by atoms with Crippen molar-refractivity contribution in [3.63, 3.8) is 0 Å². The summed E-state index contributed by atoms with van der Waals surface area (Å²) in [5.41, 5.74) is 12.7. The molecule has 0 aliphatic carbocycles. The molecule has 12 nitrogen and oxygen atoms in total. The Morgan fingerprint density at radius 2 is 1.87 bits per heavy atom. The van der Waals surface area contributed by atoms with E-state index in [4.69, 9.17) is 11.5 Å². The zero-order valence-corrected chi connectivity index (χ0v) is 21.6. The van der Waals surface area contributed by atoms with Crippen molar-refractivity contribution in [2.24, 2.45) is 17.4 Å². The topological polar surface area (TPSA) is 201 Å². The minimum absolute atomic E-state index is 0.0505. The molecule has 4 unspecified atom stereocenters. The van der Waals surface area contributed by atoms with Gasteiger partial charge in [0, 0.05) is 36.5 Å². The van der Waals surface area contributed by atoms with Crippen LogP contribution < -0.4 is 22.1 Å². The van der Waals surface area contributed by atoms with Gasteiger partial charge in [0.2, 0.25) is 23.6 Å². The second kappa shape index (κ2) is 12.5. The average Bonchev–Trinajstić information content (AvgIpc) is 3.52. The van der Waals surface area contributed by atoms with Crippen molar-refractivity contribution in [2.45, 2.75) is 70.1 Å². The number of nitrogens with zero attached hydrogens (tertiary/aromatic N) is 1. The SMILES string of the molecule is CC(C)C(NC(=O)C(Cc1c[nH]c2ccccc12)NC(=O)C1CCCN1C(=O)C(N)CCC(N)=O)C(=O)O. The zero-order valence-electron chi connectivity index (χ0n) is 21.6. The lowest BCUT2D eigenvalue weighted by Gasteiger charge is -2.29. The molecule has 0 spiro atoms. The summed E-state index contributed by atoms with van der Waals surface area (Å²) in [6, 6.07) is 3.43. The van der Waals surface area contributed by atoms with Gasteiger partial charge in [0.15, 0.2) is 0 Å². The van der Waals surface area contributed by atoms with Crippen LogP contribution in [0, 0.1) is 5.92 Å². The largest absolute Gasteiger partial charge is 0.480 e. The second-order valence-corrected chi connectivity index (χ2v) is 9.99. The number of carboxylic acids is 1. The number of carboxylic acid groups (broad SMARTS) is 1. The molecule has 1 aliphatic rings. The molecule has 4 amide bonds. The van der Waals surface area contributed by atoms with Crippen LogP contribution >= 0.6 is 0 Å². The molecule has 3 rings (SSSR count). The summed E-state index contributed by atoms with van der Waals surface area (Å²) in [5, 5.41) is 15.7. The summed E-state index contributed by atoms with van der Waals surface area (Å²) in [4.78, 5) is 66.9. The lowest BCUT2D eigenvalue weighted by Crippen LogP contribution is -2.57. The highest BCUT2D eigenvalue weighted by Gasteiger charge is 2.38. The first-order valence-corrected chi connectivity index (χ1v) is 12.7. The first-order valence-electron chi connectivity index (χ1n) is 12.7. The molecule has 1 aliphatic heterocycles. The number of para-hydroxylation sites is 1. The number of rotatable bonds is 12. The maximum atomic E-state index is 13.4. The van der Waals surface area contributed by atoms with Gasteiger partial charge in [-0.3, -0.25) is 19.2 Å². The molecule has 4 atom stereocenters. The van der Waals surface area contributed by atoms with Gasteiger partial charge in [-0.1, -0.05) is 32.0 Å². The molecule has 1 aromatic carbocycles. The van der Waals surface area contributed by atoms with Crippen LogP contribution in [0.15, 0.2) is 30.5 Å². The maximum absolute atomic E-state index is 13.4. The highest BCUT2D eigenvalue weighted by Crippen LogP contribution is 2.22. The Labute approximate surface area is 220 Å². The first kappa shape index (κ1) is 28.6. The predicted molar refractivity (Wildman–Crippen MR) is 139 cm³/mol. The van der Waals surface area contributed by atoms with Crippen LogP contribution in [0.25, 0.3) is 10.9 Å². The van der Waals surface area contributed by atoms with Crippen LogP contribution in [0.5, 0.6) is 0 Å². The van der Waals surface area contributed by atoms with Crippen molar-refractivity contribution in [3.05, 3.63) is 36.0 Å². The fraction of sp³-hybridized carbons (Fsp3) is 0.500. The van der Waals surface area contributed by atoms with Gasteiger partial charge in [-0.25, -0.2) is 4.79 Å². The normalized spacial score (nSPS) is 17.7. The number of fused-ring (bicyclic) bond motifs is 1. The molecule has 2 heterocycles. The molecule has 1 aromatic heterocycles. The first-order chi connectivity index (χ1) is 18.0. The zero-order chi connectivity index (χ0) is 28.0. The molecule has 8 N–H and O–H groups in total. The van der Waals surface area contributed by atoms with Crippen LogP contribution in [-0.2, 0) is 30.4 Å². The summed E-state index contributed by atoms with van der Waals surface area (Å²) < 4.78 is 0. The van der Waals surface area contributed by atoms with Gasteiger partial charge in [0.05, 0.1) is 6.04 Å². The van der Waals surface area contributed by atoms with Gasteiger partial charge in [0.25, 0.3) is 0 Å². The quantitative estimate of drug-likeness (QED) is 0.222. The second-order valence-electron chi connectivity index (χ2n) is 9.99. The molecule has 2 aromatic rings. The van der Waals surface area contributed by atoms with Gasteiger partial charge in [-0.05, 0) is 36.8 Å². The van der Waals surface area contributed by atoms with Crippen molar-refractivity contribution < 1.29 is 29.1 Å². The van der Waals surface area contributed by atoms with Gasteiger partial charge < -0.3 is 37.1 Å². The van der Waals surface area contributed by atoms with E-state index in [-0.39, 0.29) is 25.2 Å². The Morgan fingerprint density at radius 1 is 1.16 bits per heavy atom. The van der Waals surface area contributed by atoms with Crippen molar-refractivity contribution in [2.75, 3.05) is 6.54 Å². The van der Waals surface area contributed by atoms with E-state index in [2.05, 4.69) is 15.6 Å². The van der Waals surface area contributed by atoms with E-state index in [1.54, 1.807) is 20.0 Å². The van der Waals surface area contributed by atoms with Crippen molar-refractivity contribution in [3.8, 4) is 0 Å². The molecule has 0 radical (unpaired) electrons. The Bertz CT molecular complexity index is 1190. The number of hydrogen-bond donors (Lipinski definition) is 6. The third-order valence-electron chi connectivity index (χ3n) is 6.82. The molecule has 206 valence electrons. The van der Waals surface area contributed by atoms with Crippen molar-refractivity contribution in [1.29, 1.82) is 0 Å². The number of amides is 4. The fourth-order valence-electron chi connectivity index (χ4n) is 4.70. The monoisotopic (exact) mass is 528 g/mol. The molecule has 1 saturated heterocycles. The van der Waals surface area contributed by atoms with Crippen LogP contribution in [0.2, 0.25) is 0 Å². The molecular formula is C26H36N6O6. The molecule has 1 fully saturated rings. The summed E-state index contributed by atoms with van der Waals surface area (Å²) in [6.07, 6.45) is 2.81. The predicted octanol–water partition coefficient (Wildman–Crippen LogP) is 0.00440. The lowest BCUT2D eigenvalue weighted by molar-refractivity contribution is -0.144. The Morgan fingerprint density at radius 3 is 2.53 bits per heavy atom. The Hall–Kier alpha value is -3.93. The van der Waals surface area contributed by atoms with Gasteiger partial charge >= 0.3 is 5.97 Å². The van der Waals surface area contributed by atoms with Crippen molar-refractivity contribution in [1.82, 2.24) is 20.5 Å². The summed E-state index contributed by atoms with van der Waals surface area (Å²) in [6.45, 7) is 3.67. The number of nitrogens with one attached hydrogen (secondary N) is 3. The number of aromatic nitrogens is 1. The lowest BCUT2D eigenvalue weighted by atomic mass is 10.0. The van der Waals surface area contributed by atoms with Crippen molar-refractivity contribution >= 4 is 40.5 Å². The smallest absolute Gasteiger partial charge is 0.326 e. The highest BCUT2D eigenvalue weighted by atomic mass is 16.4. The van der Waals surface area contributed by atoms with Crippen LogP contribution in [0.3, 0.4) is 0 Å². The van der Waals surface area contributed by atoms with E-state index in [9.17, 15) is 29.1 Å². The highest BCUT2D eigenvalue weighted by molar-refractivity contribution is 5.95. The molecule has 0 saturated carbocycles. The van der Waals surface area contributed by atoms with E-state index in [0.717, 1.165) is 16.5 Å². The maximum Gasteiger partial charge on any atom is 0.326 e. The van der Waals surface area contributed by atoms with Crippen LogP contribution in [-0.4, -0.2) is 75.3 Å². The van der Waals surface area contributed by atoms with E-state index in [1.165, 1.54) is 4.90 Å². The van der Waals surface area contributed by atoms with Gasteiger partial charge in [-0.2, -0.15) is 0 Å². The summed E-state index contributed by atoms with van der Waals surface area (Å²) in [7, 11) is 0.